The third kappa shape index (κ3) is 3.21. The minimum Gasteiger partial charge on any atom is -0.496 e. The first-order chi connectivity index (χ1) is 8.99. The van der Waals surface area contributed by atoms with E-state index in [1.165, 1.54) is 13.2 Å². The molecule has 19 heavy (non-hydrogen) atoms. The summed E-state index contributed by atoms with van der Waals surface area (Å²) in [6.45, 7) is 4.53. The number of rotatable bonds is 4. The Morgan fingerprint density at radius 1 is 1.47 bits per heavy atom. The molecule has 1 aromatic rings. The highest BCUT2D eigenvalue weighted by molar-refractivity contribution is 5.42. The highest BCUT2D eigenvalue weighted by Crippen LogP contribution is 2.25. The molecule has 1 aliphatic rings. The van der Waals surface area contributed by atoms with Crippen molar-refractivity contribution >= 4 is 5.69 Å². The van der Waals surface area contributed by atoms with E-state index in [1.54, 1.807) is 6.07 Å². The van der Waals surface area contributed by atoms with Crippen molar-refractivity contribution in [2.24, 2.45) is 11.7 Å². The lowest BCUT2D eigenvalue weighted by Gasteiger charge is -2.15. The predicted molar refractivity (Wildman–Crippen MR) is 72.1 cm³/mol. The Bertz CT molecular complexity index is 468. The highest BCUT2D eigenvalue weighted by Gasteiger charge is 2.26. The van der Waals surface area contributed by atoms with Crippen LogP contribution in [0.1, 0.15) is 12.5 Å². The van der Waals surface area contributed by atoms with Crippen LogP contribution in [0.3, 0.4) is 0 Å². The largest absolute Gasteiger partial charge is 0.496 e. The van der Waals surface area contributed by atoms with Gasteiger partial charge in [-0.05, 0) is 17.5 Å². The molecule has 0 aliphatic carbocycles. The van der Waals surface area contributed by atoms with Crippen molar-refractivity contribution < 1.29 is 9.66 Å². The van der Waals surface area contributed by atoms with Crippen molar-refractivity contribution in [3.63, 3.8) is 0 Å². The predicted octanol–water partition coefficient (Wildman–Crippen LogP) is 1.38. The number of hydrogen-bond acceptors (Lipinski definition) is 5. The lowest BCUT2D eigenvalue weighted by atomic mass is 10.1. The van der Waals surface area contributed by atoms with Crippen LogP contribution in [0.25, 0.3) is 0 Å². The zero-order valence-electron chi connectivity index (χ0n) is 11.2. The summed E-state index contributed by atoms with van der Waals surface area (Å²) in [4.78, 5) is 12.7. The first kappa shape index (κ1) is 13.8. The van der Waals surface area contributed by atoms with Gasteiger partial charge in [0.2, 0.25) is 0 Å². The van der Waals surface area contributed by atoms with Gasteiger partial charge in [-0.3, -0.25) is 15.0 Å². The molecule has 1 saturated heterocycles. The van der Waals surface area contributed by atoms with Crippen molar-refractivity contribution in [3.05, 3.63) is 33.9 Å². The van der Waals surface area contributed by atoms with Gasteiger partial charge in [0.1, 0.15) is 5.75 Å². The monoisotopic (exact) mass is 265 g/mol. The minimum absolute atomic E-state index is 0.0610. The van der Waals surface area contributed by atoms with Gasteiger partial charge in [0.15, 0.2) is 0 Å². The number of hydrogen-bond donors (Lipinski definition) is 1. The van der Waals surface area contributed by atoms with Crippen molar-refractivity contribution in [3.8, 4) is 5.75 Å². The number of non-ortho nitro benzene ring substituents is 1. The molecular formula is C13H19N3O3. The summed E-state index contributed by atoms with van der Waals surface area (Å²) in [5.74, 6) is 0.973. The summed E-state index contributed by atoms with van der Waals surface area (Å²) in [6.07, 6.45) is 0. The Morgan fingerprint density at radius 2 is 2.21 bits per heavy atom. The van der Waals surface area contributed by atoms with Crippen molar-refractivity contribution in [2.75, 3.05) is 20.2 Å². The fraction of sp³-hybridized carbons (Fsp3) is 0.538. The molecule has 6 nitrogen and oxygen atoms in total. The molecule has 2 rings (SSSR count). The van der Waals surface area contributed by atoms with Crippen LogP contribution in [0.2, 0.25) is 0 Å². The number of likely N-dealkylation sites (tertiary alicyclic amines) is 1. The van der Waals surface area contributed by atoms with Gasteiger partial charge in [0.05, 0.1) is 18.1 Å². The number of methoxy groups -OCH3 is 1. The number of benzene rings is 1. The van der Waals surface area contributed by atoms with Crippen LogP contribution < -0.4 is 10.5 Å². The van der Waals surface area contributed by atoms with E-state index >= 15 is 0 Å². The third-order valence-electron chi connectivity index (χ3n) is 3.55. The van der Waals surface area contributed by atoms with E-state index in [9.17, 15) is 10.1 Å². The molecule has 2 N–H and O–H groups in total. The summed E-state index contributed by atoms with van der Waals surface area (Å²) >= 11 is 0. The molecule has 2 unspecified atom stereocenters. The molecule has 1 aliphatic heterocycles. The Kier molecular flexibility index (Phi) is 4.01. The van der Waals surface area contributed by atoms with Gasteiger partial charge in [-0.1, -0.05) is 6.92 Å². The second-order valence-corrected chi connectivity index (χ2v) is 5.13. The highest BCUT2D eigenvalue weighted by atomic mass is 16.6. The fourth-order valence-electron chi connectivity index (χ4n) is 2.44. The molecular weight excluding hydrogens is 246 g/mol. The summed E-state index contributed by atoms with van der Waals surface area (Å²) in [7, 11) is 1.51. The maximum Gasteiger partial charge on any atom is 0.273 e. The van der Waals surface area contributed by atoms with Crippen LogP contribution in [-0.4, -0.2) is 36.1 Å². The molecule has 0 spiro atoms. The van der Waals surface area contributed by atoms with Gasteiger partial charge in [0.25, 0.3) is 5.69 Å². The molecule has 1 fully saturated rings. The molecule has 0 amide bonds. The molecule has 0 radical (unpaired) electrons. The molecule has 0 saturated carbocycles. The van der Waals surface area contributed by atoms with E-state index in [0.29, 0.717) is 18.2 Å². The van der Waals surface area contributed by atoms with Crippen LogP contribution >= 0.6 is 0 Å². The average molecular weight is 265 g/mol. The standard InChI is InChI=1S/C13H19N3O3/c1-9-6-15(8-13(9)14)7-10-3-11(16(17)18)5-12(4-10)19-2/h3-5,9,13H,6-8,14H2,1-2H3. The van der Waals surface area contributed by atoms with E-state index in [0.717, 1.165) is 18.7 Å². The first-order valence-electron chi connectivity index (χ1n) is 6.30. The average Bonchev–Trinajstić information content (AvgIpc) is 2.67. The first-order valence-corrected chi connectivity index (χ1v) is 6.30. The van der Waals surface area contributed by atoms with Gasteiger partial charge in [0, 0.05) is 31.7 Å². The Hall–Kier alpha value is -1.66. The van der Waals surface area contributed by atoms with E-state index in [1.807, 2.05) is 6.07 Å². The Labute approximate surface area is 112 Å². The maximum absolute atomic E-state index is 10.9. The fourth-order valence-corrected chi connectivity index (χ4v) is 2.44. The molecule has 1 aromatic carbocycles. The summed E-state index contributed by atoms with van der Waals surface area (Å²) in [6, 6.07) is 5.04. The minimum atomic E-state index is -0.398. The van der Waals surface area contributed by atoms with Crippen LogP contribution in [0.4, 0.5) is 5.69 Å². The molecule has 1 heterocycles. The van der Waals surface area contributed by atoms with E-state index < -0.39 is 4.92 Å². The lowest BCUT2D eigenvalue weighted by Crippen LogP contribution is -2.28. The van der Waals surface area contributed by atoms with Gasteiger partial charge in [-0.15, -0.1) is 0 Å². The zero-order valence-corrected chi connectivity index (χ0v) is 11.2. The lowest BCUT2D eigenvalue weighted by molar-refractivity contribution is -0.385. The van der Waals surface area contributed by atoms with Crippen molar-refractivity contribution in [1.82, 2.24) is 4.90 Å². The van der Waals surface area contributed by atoms with Gasteiger partial charge in [-0.2, -0.15) is 0 Å². The number of nitrogens with zero attached hydrogens (tertiary/aromatic N) is 2. The van der Waals surface area contributed by atoms with E-state index in [2.05, 4.69) is 11.8 Å². The molecule has 104 valence electrons. The summed E-state index contributed by atoms with van der Waals surface area (Å²) < 4.78 is 5.10. The Balaban J connectivity index is 2.16. The van der Waals surface area contributed by atoms with E-state index in [-0.39, 0.29) is 11.7 Å². The zero-order chi connectivity index (χ0) is 14.0. The van der Waals surface area contributed by atoms with Gasteiger partial charge >= 0.3 is 0 Å². The maximum atomic E-state index is 10.9. The third-order valence-corrected chi connectivity index (χ3v) is 3.55. The number of nitro groups is 1. The summed E-state index contributed by atoms with van der Waals surface area (Å²) in [5, 5.41) is 10.9. The number of nitrogens with two attached hydrogens (primary N) is 1. The molecule has 2 atom stereocenters. The smallest absolute Gasteiger partial charge is 0.273 e. The quantitative estimate of drug-likeness (QED) is 0.657. The van der Waals surface area contributed by atoms with Crippen molar-refractivity contribution in [2.45, 2.75) is 19.5 Å². The normalized spacial score (nSPS) is 23.5. The number of nitro benzene ring substituents is 1. The number of ether oxygens (including phenoxy) is 1. The second-order valence-electron chi connectivity index (χ2n) is 5.13. The Morgan fingerprint density at radius 3 is 2.74 bits per heavy atom. The molecule has 0 bridgehead atoms. The molecule has 0 aromatic heterocycles. The second kappa shape index (κ2) is 5.54. The van der Waals surface area contributed by atoms with Gasteiger partial charge < -0.3 is 10.5 Å². The SMILES string of the molecule is COc1cc(CN2CC(C)C(N)C2)cc([N+](=O)[O-])c1. The van der Waals surface area contributed by atoms with Crippen LogP contribution in [0.15, 0.2) is 18.2 Å². The van der Waals surface area contributed by atoms with Crippen LogP contribution in [0.5, 0.6) is 5.75 Å². The van der Waals surface area contributed by atoms with Gasteiger partial charge in [-0.25, -0.2) is 0 Å². The topological polar surface area (TPSA) is 81.6 Å². The molecule has 6 heteroatoms. The van der Waals surface area contributed by atoms with Crippen LogP contribution in [-0.2, 0) is 6.54 Å². The summed E-state index contributed by atoms with van der Waals surface area (Å²) in [5.41, 5.74) is 6.92. The van der Waals surface area contributed by atoms with Crippen LogP contribution in [0, 0.1) is 16.0 Å². The van der Waals surface area contributed by atoms with Crippen molar-refractivity contribution in [1.29, 1.82) is 0 Å². The van der Waals surface area contributed by atoms with E-state index in [4.69, 9.17) is 10.5 Å².